The van der Waals surface area contributed by atoms with Crippen molar-refractivity contribution in [1.82, 2.24) is 24.6 Å². The van der Waals surface area contributed by atoms with Crippen LogP contribution in [0.25, 0.3) is 22.3 Å². The summed E-state index contributed by atoms with van der Waals surface area (Å²) in [5.41, 5.74) is 3.00. The Bertz CT molecular complexity index is 894. The van der Waals surface area contributed by atoms with Crippen LogP contribution in [0.4, 0.5) is 5.95 Å². The van der Waals surface area contributed by atoms with Crippen molar-refractivity contribution in [2.45, 2.75) is 38.3 Å². The molecule has 0 atom stereocenters. The molecule has 1 aromatic carbocycles. The van der Waals surface area contributed by atoms with Gasteiger partial charge in [0.25, 0.3) is 0 Å². The molecule has 1 fully saturated rings. The zero-order valence-electron chi connectivity index (χ0n) is 16.4. The zero-order valence-corrected chi connectivity index (χ0v) is 16.4. The summed E-state index contributed by atoms with van der Waals surface area (Å²) in [6, 6.07) is 11.0. The minimum atomic E-state index is 0.638. The first-order valence-corrected chi connectivity index (χ1v) is 9.79. The second-order valence-electron chi connectivity index (χ2n) is 7.72. The Morgan fingerprint density at radius 3 is 2.52 bits per heavy atom. The summed E-state index contributed by atoms with van der Waals surface area (Å²) in [6.45, 7) is 0.920. The van der Waals surface area contributed by atoms with E-state index >= 15 is 0 Å². The standard InChI is InChI=1S/C21H28N6/c1-22-21-23-13-18-19(16-7-5-4-6-8-16)25-27(20(18)24-21)14-15-9-11-17(12-10-15)26(2)3/h4-8,13,15,17H,9-12,14H2,1-3H3,(H,22,23,24). The molecule has 1 aliphatic carbocycles. The minimum absolute atomic E-state index is 0.638. The van der Waals surface area contributed by atoms with E-state index in [4.69, 9.17) is 10.1 Å². The molecule has 0 bridgehead atoms. The van der Waals surface area contributed by atoms with E-state index in [-0.39, 0.29) is 0 Å². The maximum Gasteiger partial charge on any atom is 0.224 e. The molecule has 6 heteroatoms. The van der Waals surface area contributed by atoms with Gasteiger partial charge in [0.05, 0.1) is 5.39 Å². The molecule has 0 amide bonds. The Kier molecular flexibility index (Phi) is 5.07. The molecule has 0 unspecified atom stereocenters. The quantitative estimate of drug-likeness (QED) is 0.749. The van der Waals surface area contributed by atoms with Crippen molar-refractivity contribution in [1.29, 1.82) is 0 Å². The van der Waals surface area contributed by atoms with Crippen molar-refractivity contribution in [2.75, 3.05) is 26.5 Å². The van der Waals surface area contributed by atoms with Crippen molar-refractivity contribution in [3.63, 3.8) is 0 Å². The third-order valence-electron chi connectivity index (χ3n) is 5.74. The number of anilines is 1. The van der Waals surface area contributed by atoms with Crippen molar-refractivity contribution in [2.24, 2.45) is 5.92 Å². The van der Waals surface area contributed by atoms with Crippen LogP contribution < -0.4 is 5.32 Å². The highest BCUT2D eigenvalue weighted by atomic mass is 15.3. The fourth-order valence-electron chi connectivity index (χ4n) is 4.10. The Morgan fingerprint density at radius 1 is 1.11 bits per heavy atom. The summed E-state index contributed by atoms with van der Waals surface area (Å²) in [5.74, 6) is 1.29. The van der Waals surface area contributed by atoms with E-state index in [0.717, 1.165) is 28.8 Å². The van der Waals surface area contributed by atoms with Gasteiger partial charge < -0.3 is 10.2 Å². The Morgan fingerprint density at radius 2 is 1.85 bits per heavy atom. The summed E-state index contributed by atoms with van der Waals surface area (Å²) in [6.07, 6.45) is 6.91. The van der Waals surface area contributed by atoms with E-state index in [0.29, 0.717) is 17.9 Å². The molecule has 1 aliphatic rings. The van der Waals surface area contributed by atoms with Crippen LogP contribution >= 0.6 is 0 Å². The van der Waals surface area contributed by atoms with Crippen LogP contribution in [-0.4, -0.2) is 51.8 Å². The highest BCUT2D eigenvalue weighted by Crippen LogP contribution is 2.31. The van der Waals surface area contributed by atoms with Gasteiger partial charge in [0, 0.05) is 31.4 Å². The first-order chi connectivity index (χ1) is 13.2. The summed E-state index contributed by atoms with van der Waals surface area (Å²) in [7, 11) is 6.23. The number of fused-ring (bicyclic) bond motifs is 1. The Labute approximate surface area is 160 Å². The highest BCUT2D eigenvalue weighted by molar-refractivity contribution is 5.91. The molecule has 0 spiro atoms. The SMILES string of the molecule is CNc1ncc2c(-c3ccccc3)nn(CC3CCC(N(C)C)CC3)c2n1. The zero-order chi connectivity index (χ0) is 18.8. The lowest BCUT2D eigenvalue weighted by molar-refractivity contribution is 0.182. The topological polar surface area (TPSA) is 58.9 Å². The van der Waals surface area contributed by atoms with E-state index < -0.39 is 0 Å². The largest absolute Gasteiger partial charge is 0.357 e. The molecule has 3 aromatic rings. The van der Waals surface area contributed by atoms with Crippen LogP contribution in [0.15, 0.2) is 36.5 Å². The number of rotatable bonds is 5. The van der Waals surface area contributed by atoms with E-state index in [2.05, 4.69) is 46.1 Å². The van der Waals surface area contributed by atoms with Gasteiger partial charge in [0.15, 0.2) is 5.65 Å². The number of aromatic nitrogens is 4. The lowest BCUT2D eigenvalue weighted by atomic mass is 9.85. The molecule has 6 nitrogen and oxygen atoms in total. The second kappa shape index (κ2) is 7.64. The van der Waals surface area contributed by atoms with Crippen molar-refractivity contribution in [3.05, 3.63) is 36.5 Å². The maximum absolute atomic E-state index is 4.96. The molecule has 142 valence electrons. The van der Waals surface area contributed by atoms with Gasteiger partial charge in [-0.05, 0) is 45.7 Å². The Hall–Kier alpha value is -2.47. The average molecular weight is 364 g/mol. The highest BCUT2D eigenvalue weighted by Gasteiger charge is 2.24. The number of benzene rings is 1. The molecule has 0 aliphatic heterocycles. The predicted octanol–water partition coefficient (Wildman–Crippen LogP) is 3.66. The summed E-state index contributed by atoms with van der Waals surface area (Å²) in [5, 5.41) is 9.02. The summed E-state index contributed by atoms with van der Waals surface area (Å²) in [4.78, 5) is 11.5. The van der Waals surface area contributed by atoms with Gasteiger partial charge in [-0.25, -0.2) is 9.67 Å². The van der Waals surface area contributed by atoms with Gasteiger partial charge in [-0.3, -0.25) is 0 Å². The molecular weight excluding hydrogens is 336 g/mol. The van der Waals surface area contributed by atoms with Crippen LogP contribution in [0.3, 0.4) is 0 Å². The third-order valence-corrected chi connectivity index (χ3v) is 5.74. The molecule has 1 saturated carbocycles. The minimum Gasteiger partial charge on any atom is -0.357 e. The Balaban J connectivity index is 1.66. The molecule has 2 aromatic heterocycles. The number of nitrogens with one attached hydrogen (secondary N) is 1. The smallest absolute Gasteiger partial charge is 0.224 e. The van der Waals surface area contributed by atoms with E-state index in [1.165, 1.54) is 25.7 Å². The van der Waals surface area contributed by atoms with Gasteiger partial charge in [-0.2, -0.15) is 10.1 Å². The lowest BCUT2D eigenvalue weighted by Crippen LogP contribution is -2.33. The third kappa shape index (κ3) is 3.67. The molecule has 4 rings (SSSR count). The summed E-state index contributed by atoms with van der Waals surface area (Å²) >= 11 is 0. The molecular formula is C21H28N6. The number of nitrogens with zero attached hydrogens (tertiary/aromatic N) is 5. The second-order valence-corrected chi connectivity index (χ2v) is 7.72. The van der Waals surface area contributed by atoms with Crippen LogP contribution in [0.1, 0.15) is 25.7 Å². The average Bonchev–Trinajstić information content (AvgIpc) is 3.06. The number of hydrogen-bond acceptors (Lipinski definition) is 5. The van der Waals surface area contributed by atoms with Gasteiger partial charge >= 0.3 is 0 Å². The van der Waals surface area contributed by atoms with Crippen molar-refractivity contribution >= 4 is 17.0 Å². The van der Waals surface area contributed by atoms with Crippen molar-refractivity contribution in [3.8, 4) is 11.3 Å². The van der Waals surface area contributed by atoms with Gasteiger partial charge in [0.1, 0.15) is 5.69 Å². The predicted molar refractivity (Wildman–Crippen MR) is 110 cm³/mol. The first kappa shape index (κ1) is 17.9. The molecule has 1 N–H and O–H groups in total. The first-order valence-electron chi connectivity index (χ1n) is 9.79. The van der Waals surface area contributed by atoms with Gasteiger partial charge in [-0.15, -0.1) is 0 Å². The maximum atomic E-state index is 4.96. The summed E-state index contributed by atoms with van der Waals surface area (Å²) < 4.78 is 2.10. The van der Waals surface area contributed by atoms with E-state index in [1.54, 1.807) is 0 Å². The lowest BCUT2D eigenvalue weighted by Gasteiger charge is -2.32. The number of hydrogen-bond donors (Lipinski definition) is 1. The molecule has 27 heavy (non-hydrogen) atoms. The molecule has 0 radical (unpaired) electrons. The van der Waals surface area contributed by atoms with E-state index in [1.807, 2.05) is 31.4 Å². The van der Waals surface area contributed by atoms with E-state index in [9.17, 15) is 0 Å². The molecule has 2 heterocycles. The molecule has 0 saturated heterocycles. The van der Waals surface area contributed by atoms with Gasteiger partial charge in [-0.1, -0.05) is 30.3 Å². The fraction of sp³-hybridized carbons (Fsp3) is 0.476. The monoisotopic (exact) mass is 364 g/mol. The van der Waals surface area contributed by atoms with Crippen LogP contribution in [-0.2, 0) is 6.54 Å². The van der Waals surface area contributed by atoms with Crippen molar-refractivity contribution < 1.29 is 0 Å². The van der Waals surface area contributed by atoms with Crippen LogP contribution in [0.2, 0.25) is 0 Å². The normalized spacial score (nSPS) is 20.3. The fourth-order valence-corrected chi connectivity index (χ4v) is 4.10. The van der Waals surface area contributed by atoms with Crippen LogP contribution in [0, 0.1) is 5.92 Å². The van der Waals surface area contributed by atoms with Crippen LogP contribution in [0.5, 0.6) is 0 Å². The van der Waals surface area contributed by atoms with Gasteiger partial charge in [0.2, 0.25) is 5.95 Å².